The topological polar surface area (TPSA) is 197 Å². The molecule has 0 unspecified atom stereocenters. The number of rotatable bonds is 10. The predicted molar refractivity (Wildman–Crippen MR) is 204 cm³/mol. The van der Waals surface area contributed by atoms with Crippen molar-refractivity contribution in [1.82, 2.24) is 40.4 Å². The zero-order chi connectivity index (χ0) is 40.0. The van der Waals surface area contributed by atoms with Crippen molar-refractivity contribution >= 4 is 46.1 Å². The van der Waals surface area contributed by atoms with Gasteiger partial charge in [0.2, 0.25) is 11.8 Å². The number of hydrogen-bond acceptors (Lipinski definition) is 6. The van der Waals surface area contributed by atoms with Crippen LogP contribution in [0.25, 0.3) is 44.3 Å². The Bertz CT molecular complexity index is 2130. The Morgan fingerprint density at radius 3 is 1.34 bits per heavy atom. The summed E-state index contributed by atoms with van der Waals surface area (Å²) in [5, 5.41) is 23.1. The van der Waals surface area contributed by atoms with Crippen molar-refractivity contribution in [2.24, 2.45) is 11.8 Å². The van der Waals surface area contributed by atoms with Crippen LogP contribution < -0.4 is 10.6 Å². The van der Waals surface area contributed by atoms with E-state index in [1.54, 1.807) is 27.7 Å². The first kappa shape index (κ1) is 38.2. The van der Waals surface area contributed by atoms with Gasteiger partial charge < -0.3 is 40.6 Å². The van der Waals surface area contributed by atoms with Gasteiger partial charge in [-0.15, -0.1) is 0 Å². The molecule has 2 aliphatic heterocycles. The third-order valence-corrected chi connectivity index (χ3v) is 10.7. The number of aromatic nitrogens is 4. The number of nitrogens with one attached hydrogen (secondary N) is 4. The number of benzene rings is 3. The summed E-state index contributed by atoms with van der Waals surface area (Å²) < 4.78 is 29.5. The molecule has 2 aliphatic rings. The standard InChI is InChI=1S/C40H44F2N8O6/c1-19(2)33(47-39(53)54)37(51)49-17-25(41)15-31(49)35-43-27-11-9-23(13-29(27)45-35)21-5-7-22(8-6-21)24-10-12-28-30(14-24)46-36(44-28)32-16-26(42)18-50(32)38(52)34(20(3)4)48-40(55)56/h5-14,19-20,25-26,31-34,47-48H,15-18H2,1-4H3,(H,43,45)(H,44,46)(H,53,54)(H,55,56)/t25-,26-,31-,32-,33-,34-/m0/s1. The maximum atomic E-state index is 14.7. The molecule has 7 rings (SSSR count). The van der Waals surface area contributed by atoms with Gasteiger partial charge in [-0.05, 0) is 58.4 Å². The molecule has 0 aliphatic carbocycles. The zero-order valence-corrected chi connectivity index (χ0v) is 31.3. The molecule has 16 heteroatoms. The Kier molecular flexibility index (Phi) is 10.4. The van der Waals surface area contributed by atoms with E-state index in [4.69, 9.17) is 9.97 Å². The van der Waals surface area contributed by atoms with Crippen molar-refractivity contribution in [2.75, 3.05) is 13.1 Å². The van der Waals surface area contributed by atoms with E-state index in [1.807, 2.05) is 60.7 Å². The zero-order valence-electron chi connectivity index (χ0n) is 31.3. The average Bonchev–Trinajstić information content (AvgIpc) is 3.95. The fourth-order valence-electron chi connectivity index (χ4n) is 7.81. The van der Waals surface area contributed by atoms with Gasteiger partial charge in [0.25, 0.3) is 0 Å². The highest BCUT2D eigenvalue weighted by Crippen LogP contribution is 2.37. The van der Waals surface area contributed by atoms with Crippen LogP contribution in [-0.2, 0) is 9.59 Å². The molecule has 4 heterocycles. The molecule has 0 radical (unpaired) electrons. The molecule has 2 aromatic heterocycles. The van der Waals surface area contributed by atoms with Gasteiger partial charge in [0.15, 0.2) is 0 Å². The van der Waals surface area contributed by atoms with Crippen LogP contribution in [-0.4, -0.2) is 101 Å². The lowest BCUT2D eigenvalue weighted by Gasteiger charge is -2.29. The maximum Gasteiger partial charge on any atom is 0.405 e. The Labute approximate surface area is 320 Å². The first-order valence-electron chi connectivity index (χ1n) is 18.6. The number of aromatic amines is 2. The molecule has 2 fully saturated rings. The number of likely N-dealkylation sites (tertiary alicyclic amines) is 2. The van der Waals surface area contributed by atoms with Gasteiger partial charge in [0.05, 0.1) is 47.2 Å². The SMILES string of the molecule is CC(C)[C@H](NC(=O)O)C(=O)N1C[C@@H](F)C[C@H]1c1nc2cc(-c3ccc(-c4ccc5[nH]c([C@@H]6C[C@H](F)CN6C(=O)[C@@H](NC(=O)O)C(C)C)nc5c4)cc3)ccc2[nH]1. The van der Waals surface area contributed by atoms with E-state index in [1.165, 1.54) is 9.80 Å². The van der Waals surface area contributed by atoms with Gasteiger partial charge in [-0.1, -0.05) is 64.1 Å². The number of amides is 4. The van der Waals surface area contributed by atoms with E-state index in [0.717, 1.165) is 33.3 Å². The number of fused-ring (bicyclic) bond motifs is 2. The number of carboxylic acid groups (broad SMARTS) is 2. The lowest BCUT2D eigenvalue weighted by Crippen LogP contribution is -2.51. The van der Waals surface area contributed by atoms with Gasteiger partial charge >= 0.3 is 12.2 Å². The third kappa shape index (κ3) is 7.59. The van der Waals surface area contributed by atoms with Crippen LogP contribution in [0, 0.1) is 11.8 Å². The van der Waals surface area contributed by atoms with Gasteiger partial charge in [-0.25, -0.2) is 28.3 Å². The second kappa shape index (κ2) is 15.2. The summed E-state index contributed by atoms with van der Waals surface area (Å²) in [7, 11) is 0. The van der Waals surface area contributed by atoms with Gasteiger partial charge in [0, 0.05) is 12.8 Å². The van der Waals surface area contributed by atoms with Crippen LogP contribution in [0.5, 0.6) is 0 Å². The number of imidazole rings is 2. The van der Waals surface area contributed by atoms with Crippen LogP contribution in [0.2, 0.25) is 0 Å². The van der Waals surface area contributed by atoms with Gasteiger partial charge in [-0.3, -0.25) is 9.59 Å². The lowest BCUT2D eigenvalue weighted by atomic mass is 10.00. The van der Waals surface area contributed by atoms with E-state index < -0.39 is 60.5 Å². The number of carbonyl (C=O) groups is 4. The first-order valence-corrected chi connectivity index (χ1v) is 18.6. The van der Waals surface area contributed by atoms with Crippen molar-refractivity contribution in [3.05, 3.63) is 72.3 Å². The highest BCUT2D eigenvalue weighted by molar-refractivity contribution is 5.88. The fourth-order valence-corrected chi connectivity index (χ4v) is 7.81. The number of alkyl halides is 2. The molecule has 2 saturated heterocycles. The summed E-state index contributed by atoms with van der Waals surface area (Å²) in [6.07, 6.45) is -5.10. The summed E-state index contributed by atoms with van der Waals surface area (Å²) in [5.74, 6) is -0.788. The number of carbonyl (C=O) groups excluding carboxylic acids is 2. The monoisotopic (exact) mass is 770 g/mol. The second-order valence-corrected chi connectivity index (χ2v) is 15.3. The largest absolute Gasteiger partial charge is 0.465 e. The minimum atomic E-state index is -1.32. The van der Waals surface area contributed by atoms with Crippen LogP contribution in [0.1, 0.15) is 64.3 Å². The third-order valence-electron chi connectivity index (χ3n) is 10.7. The van der Waals surface area contributed by atoms with Crippen LogP contribution >= 0.6 is 0 Å². The van der Waals surface area contributed by atoms with Crippen molar-refractivity contribution in [3.63, 3.8) is 0 Å². The normalized spacial score (nSPS) is 20.9. The Morgan fingerprint density at radius 2 is 1.00 bits per heavy atom. The number of hydrogen-bond donors (Lipinski definition) is 6. The van der Waals surface area contributed by atoms with Crippen molar-refractivity contribution < 1.29 is 38.2 Å². The Hall–Kier alpha value is -6.06. The molecule has 4 amide bonds. The molecule has 294 valence electrons. The van der Waals surface area contributed by atoms with E-state index in [2.05, 4.69) is 20.6 Å². The van der Waals surface area contributed by atoms with E-state index in [-0.39, 0.29) is 37.8 Å². The molecule has 6 atom stereocenters. The number of halogens is 2. The summed E-state index contributed by atoms with van der Waals surface area (Å²) in [5.41, 5.74) is 6.34. The number of H-pyrrole nitrogens is 2. The summed E-state index contributed by atoms with van der Waals surface area (Å²) in [4.78, 5) is 68.3. The Morgan fingerprint density at radius 1 is 0.643 bits per heavy atom. The highest BCUT2D eigenvalue weighted by Gasteiger charge is 2.43. The summed E-state index contributed by atoms with van der Waals surface area (Å²) in [6.45, 7) is 6.62. The molecule has 14 nitrogen and oxygen atoms in total. The number of nitrogens with zero attached hydrogens (tertiary/aromatic N) is 4. The molecule has 3 aromatic carbocycles. The predicted octanol–water partition coefficient (Wildman–Crippen LogP) is 6.58. The minimum Gasteiger partial charge on any atom is -0.465 e. The minimum absolute atomic E-state index is 0.0466. The van der Waals surface area contributed by atoms with E-state index in [9.17, 15) is 38.2 Å². The van der Waals surface area contributed by atoms with Crippen LogP contribution in [0.3, 0.4) is 0 Å². The molecule has 0 bridgehead atoms. The highest BCUT2D eigenvalue weighted by atomic mass is 19.1. The van der Waals surface area contributed by atoms with Gasteiger partial charge in [-0.2, -0.15) is 0 Å². The molecule has 0 spiro atoms. The van der Waals surface area contributed by atoms with Crippen molar-refractivity contribution in [1.29, 1.82) is 0 Å². The summed E-state index contributed by atoms with van der Waals surface area (Å²) >= 11 is 0. The quantitative estimate of drug-likeness (QED) is 0.0916. The fraction of sp³-hybridized carbons (Fsp3) is 0.400. The molecule has 5 aromatic rings. The molecule has 0 saturated carbocycles. The lowest BCUT2D eigenvalue weighted by molar-refractivity contribution is -0.136. The van der Waals surface area contributed by atoms with Crippen LogP contribution in [0.15, 0.2) is 60.7 Å². The van der Waals surface area contributed by atoms with E-state index >= 15 is 0 Å². The van der Waals surface area contributed by atoms with Crippen molar-refractivity contribution in [3.8, 4) is 22.3 Å². The van der Waals surface area contributed by atoms with E-state index in [0.29, 0.717) is 22.7 Å². The van der Waals surface area contributed by atoms with Crippen molar-refractivity contribution in [2.45, 2.75) is 77.0 Å². The van der Waals surface area contributed by atoms with Crippen LogP contribution in [0.4, 0.5) is 18.4 Å². The second-order valence-electron chi connectivity index (χ2n) is 15.3. The molecule has 6 N–H and O–H groups in total. The maximum absolute atomic E-state index is 14.7. The molecular weight excluding hydrogens is 726 g/mol. The van der Waals surface area contributed by atoms with Gasteiger partial charge in [0.1, 0.15) is 36.1 Å². The molecular formula is C40H44F2N8O6. The molecule has 56 heavy (non-hydrogen) atoms. The summed E-state index contributed by atoms with van der Waals surface area (Å²) in [6, 6.07) is 16.0. The average molecular weight is 771 g/mol. The Balaban J connectivity index is 1.09. The first-order chi connectivity index (χ1) is 26.7. The smallest absolute Gasteiger partial charge is 0.405 e.